The number of benzene rings is 3. The standard InChI is InChI=1S/C23H23OP/c1-20(2)18-24-19-25(21-12-6-3-7-13-21,22-14-8-4-9-15-22)23-16-10-5-11-17-23/h3-17,19H,1,18H2,2H3. The van der Waals surface area contributed by atoms with Gasteiger partial charge in [-0.25, -0.2) is 0 Å². The Morgan fingerprint density at radius 2 is 1.12 bits per heavy atom. The van der Waals surface area contributed by atoms with Crippen LogP contribution in [0.25, 0.3) is 0 Å². The smallest absolute Gasteiger partial charge is 0.0731 e. The van der Waals surface area contributed by atoms with Crippen LogP contribution in [0.15, 0.2) is 103 Å². The van der Waals surface area contributed by atoms with Crippen LogP contribution in [0.4, 0.5) is 0 Å². The van der Waals surface area contributed by atoms with Gasteiger partial charge in [-0.15, -0.1) is 0 Å². The Hall–Kier alpha value is -2.34. The Balaban J connectivity index is 2.30. The van der Waals surface area contributed by atoms with E-state index in [1.54, 1.807) is 0 Å². The van der Waals surface area contributed by atoms with Gasteiger partial charge in [0.2, 0.25) is 0 Å². The summed E-state index contributed by atoms with van der Waals surface area (Å²) >= 11 is 0. The van der Waals surface area contributed by atoms with E-state index in [-0.39, 0.29) is 0 Å². The normalized spacial score (nSPS) is 11.1. The highest BCUT2D eigenvalue weighted by atomic mass is 31.2. The summed E-state index contributed by atoms with van der Waals surface area (Å²) in [6.07, 6.45) is 0. The summed E-state index contributed by atoms with van der Waals surface area (Å²) < 4.78 is 6.05. The molecule has 0 amide bonds. The maximum Gasteiger partial charge on any atom is 0.0731 e. The highest BCUT2D eigenvalue weighted by Crippen LogP contribution is 2.43. The Morgan fingerprint density at radius 1 is 0.760 bits per heavy atom. The molecule has 0 aliphatic carbocycles. The molecule has 0 fully saturated rings. The zero-order chi connectivity index (χ0) is 17.5. The van der Waals surface area contributed by atoms with Crippen molar-refractivity contribution in [3.63, 3.8) is 0 Å². The van der Waals surface area contributed by atoms with Crippen LogP contribution in [0.2, 0.25) is 0 Å². The molecule has 126 valence electrons. The minimum absolute atomic E-state index is 0.536. The van der Waals surface area contributed by atoms with Gasteiger partial charge in [-0.2, -0.15) is 0 Å². The third kappa shape index (κ3) is 3.85. The zero-order valence-electron chi connectivity index (χ0n) is 14.5. The Bertz CT molecular complexity index is 764. The van der Waals surface area contributed by atoms with Crippen molar-refractivity contribution < 1.29 is 4.74 Å². The van der Waals surface area contributed by atoms with E-state index < -0.39 is 6.89 Å². The lowest BCUT2D eigenvalue weighted by molar-refractivity contribution is 0.364. The van der Waals surface area contributed by atoms with Crippen molar-refractivity contribution in [3.05, 3.63) is 103 Å². The van der Waals surface area contributed by atoms with Crippen molar-refractivity contribution in [1.82, 2.24) is 0 Å². The molecule has 0 saturated carbocycles. The van der Waals surface area contributed by atoms with Crippen LogP contribution in [0.1, 0.15) is 6.92 Å². The Labute approximate surface area is 150 Å². The van der Waals surface area contributed by atoms with Gasteiger partial charge >= 0.3 is 0 Å². The molecular weight excluding hydrogens is 323 g/mol. The average molecular weight is 346 g/mol. The van der Waals surface area contributed by atoms with Crippen LogP contribution >= 0.6 is 6.89 Å². The first kappa shape index (κ1) is 17.5. The first-order valence-corrected chi connectivity index (χ1v) is 10.3. The molecule has 0 atom stereocenters. The lowest BCUT2D eigenvalue weighted by atomic mass is 10.4. The highest BCUT2D eigenvalue weighted by Gasteiger charge is 2.25. The lowest BCUT2D eigenvalue weighted by Crippen LogP contribution is -2.27. The molecular formula is C23H23OP. The summed E-state index contributed by atoms with van der Waals surface area (Å²) in [5, 5.41) is 3.86. The minimum atomic E-state index is -2.00. The third-order valence-electron chi connectivity index (χ3n) is 4.05. The van der Waals surface area contributed by atoms with Gasteiger partial charge in [0.05, 0.1) is 6.61 Å². The minimum Gasteiger partial charge on any atom is -0.348 e. The second-order valence-electron chi connectivity index (χ2n) is 6.10. The van der Waals surface area contributed by atoms with Gasteiger partial charge in [-0.3, -0.25) is 0 Å². The largest absolute Gasteiger partial charge is 0.348 e. The molecule has 2 heteroatoms. The monoisotopic (exact) mass is 346 g/mol. The number of rotatable bonds is 6. The third-order valence-corrected chi connectivity index (χ3v) is 7.86. The fourth-order valence-corrected chi connectivity index (χ4v) is 6.40. The van der Waals surface area contributed by atoms with Gasteiger partial charge < -0.3 is 4.74 Å². The van der Waals surface area contributed by atoms with E-state index in [0.29, 0.717) is 6.61 Å². The topological polar surface area (TPSA) is 9.23 Å². The molecule has 0 aliphatic heterocycles. The van der Waals surface area contributed by atoms with Gasteiger partial charge in [0, 0.05) is 5.98 Å². The van der Waals surface area contributed by atoms with Gasteiger partial charge in [0.15, 0.2) is 0 Å². The van der Waals surface area contributed by atoms with Crippen LogP contribution in [-0.2, 0) is 4.74 Å². The molecule has 0 bridgehead atoms. The highest BCUT2D eigenvalue weighted by molar-refractivity contribution is 7.94. The molecule has 1 nitrogen and oxygen atoms in total. The molecule has 3 aromatic rings. The summed E-state index contributed by atoms with van der Waals surface area (Å²) in [4.78, 5) is 0. The van der Waals surface area contributed by atoms with E-state index >= 15 is 0 Å². The second kappa shape index (κ2) is 8.16. The van der Waals surface area contributed by atoms with E-state index in [1.165, 1.54) is 15.9 Å². The molecule has 0 aliphatic rings. The summed E-state index contributed by atoms with van der Waals surface area (Å²) in [5.74, 6) is 2.07. The molecule has 0 unspecified atom stereocenters. The van der Waals surface area contributed by atoms with Gasteiger partial charge in [-0.05, 0) is 29.7 Å². The summed E-state index contributed by atoms with van der Waals surface area (Å²) in [6.45, 7) is 4.49. The fraction of sp³-hybridized carbons (Fsp3) is 0.0870. The van der Waals surface area contributed by atoms with Gasteiger partial charge in [0.1, 0.15) is 0 Å². The Morgan fingerprint density at radius 3 is 1.44 bits per heavy atom. The molecule has 0 heterocycles. The van der Waals surface area contributed by atoms with E-state index in [2.05, 4.69) is 104 Å². The van der Waals surface area contributed by atoms with Crippen LogP contribution in [0, 0.1) is 0 Å². The molecule has 0 aromatic heterocycles. The molecule has 0 radical (unpaired) electrons. The van der Waals surface area contributed by atoms with E-state index in [1.807, 2.05) is 6.92 Å². The van der Waals surface area contributed by atoms with Crippen LogP contribution in [-0.4, -0.2) is 12.6 Å². The summed E-state index contributed by atoms with van der Waals surface area (Å²) in [6, 6.07) is 32.0. The molecule has 0 spiro atoms. The molecule has 0 N–H and O–H groups in total. The summed E-state index contributed by atoms with van der Waals surface area (Å²) in [5.41, 5.74) is 1.02. The number of ether oxygens (including phenoxy) is 1. The van der Waals surface area contributed by atoms with Crippen LogP contribution in [0.5, 0.6) is 0 Å². The fourth-order valence-electron chi connectivity index (χ4n) is 2.91. The maximum absolute atomic E-state index is 6.05. The van der Waals surface area contributed by atoms with Crippen molar-refractivity contribution in [2.24, 2.45) is 0 Å². The second-order valence-corrected chi connectivity index (χ2v) is 9.31. The van der Waals surface area contributed by atoms with Crippen LogP contribution in [0.3, 0.4) is 0 Å². The summed E-state index contributed by atoms with van der Waals surface area (Å²) in [7, 11) is 0. The van der Waals surface area contributed by atoms with Crippen LogP contribution < -0.4 is 15.9 Å². The van der Waals surface area contributed by atoms with Crippen molar-refractivity contribution in [3.8, 4) is 0 Å². The SMILES string of the molecule is C=C(C)COC=P(c1ccccc1)(c1ccccc1)c1ccccc1. The molecule has 3 rings (SSSR count). The maximum atomic E-state index is 6.05. The van der Waals surface area contributed by atoms with Crippen molar-refractivity contribution in [1.29, 1.82) is 0 Å². The Kier molecular flexibility index (Phi) is 5.71. The van der Waals surface area contributed by atoms with Crippen molar-refractivity contribution >= 4 is 28.8 Å². The van der Waals surface area contributed by atoms with E-state index in [9.17, 15) is 0 Å². The quantitative estimate of drug-likeness (QED) is 0.477. The first-order valence-electron chi connectivity index (χ1n) is 8.39. The number of hydrogen-bond donors (Lipinski definition) is 0. The first-order chi connectivity index (χ1) is 12.2. The zero-order valence-corrected chi connectivity index (χ0v) is 15.4. The number of hydrogen-bond acceptors (Lipinski definition) is 1. The predicted octanol–water partition coefficient (Wildman–Crippen LogP) is 4.33. The molecule has 0 saturated heterocycles. The molecule has 25 heavy (non-hydrogen) atoms. The molecule has 3 aromatic carbocycles. The van der Waals surface area contributed by atoms with E-state index in [4.69, 9.17) is 4.74 Å². The predicted molar refractivity (Wildman–Crippen MR) is 112 cm³/mol. The van der Waals surface area contributed by atoms with Crippen molar-refractivity contribution in [2.75, 3.05) is 6.61 Å². The average Bonchev–Trinajstić information content (AvgIpc) is 2.67. The van der Waals surface area contributed by atoms with Crippen molar-refractivity contribution in [2.45, 2.75) is 6.92 Å². The van der Waals surface area contributed by atoms with E-state index in [0.717, 1.165) is 5.57 Å². The van der Waals surface area contributed by atoms with Gasteiger partial charge in [-0.1, -0.05) is 103 Å². The van der Waals surface area contributed by atoms with Gasteiger partial charge in [0.25, 0.3) is 0 Å². The lowest BCUT2D eigenvalue weighted by Gasteiger charge is -2.28.